The van der Waals surface area contributed by atoms with Crippen LogP contribution in [0.25, 0.3) is 11.3 Å². The standard InChI is InChI=1S/C19H18N4O3/c1-3-23-19(26)18(21-14-9-10-15(25)20-11-14)16(12(2)24)17(22-23)13-7-5-4-6-8-13/h4-11,21H,3H2,1-2H3,(H,20,25). The topological polar surface area (TPSA) is 96.8 Å². The van der Waals surface area contributed by atoms with Gasteiger partial charge < -0.3 is 10.3 Å². The molecule has 3 rings (SSSR count). The summed E-state index contributed by atoms with van der Waals surface area (Å²) in [5.74, 6) is -0.274. The van der Waals surface area contributed by atoms with E-state index < -0.39 is 5.56 Å². The number of nitrogens with one attached hydrogen (secondary N) is 2. The number of carbonyl (C=O) groups is 1. The highest BCUT2D eigenvalue weighted by Gasteiger charge is 2.21. The number of anilines is 2. The number of aromatic amines is 1. The van der Waals surface area contributed by atoms with Crippen molar-refractivity contribution in [2.24, 2.45) is 0 Å². The number of aryl methyl sites for hydroxylation is 1. The number of ketones is 1. The van der Waals surface area contributed by atoms with Gasteiger partial charge in [0.1, 0.15) is 11.4 Å². The van der Waals surface area contributed by atoms with E-state index in [9.17, 15) is 14.4 Å². The molecule has 2 aromatic heterocycles. The minimum atomic E-state index is -0.399. The molecule has 0 aliphatic heterocycles. The first-order valence-electron chi connectivity index (χ1n) is 8.18. The van der Waals surface area contributed by atoms with Gasteiger partial charge in [-0.2, -0.15) is 5.10 Å². The lowest BCUT2D eigenvalue weighted by Crippen LogP contribution is -2.28. The highest BCUT2D eigenvalue weighted by atomic mass is 16.1. The molecule has 2 heterocycles. The summed E-state index contributed by atoms with van der Waals surface area (Å²) in [5, 5.41) is 7.35. The Hall–Kier alpha value is -3.48. The summed E-state index contributed by atoms with van der Waals surface area (Å²) < 4.78 is 1.31. The molecule has 0 bridgehead atoms. The maximum atomic E-state index is 12.8. The SMILES string of the molecule is CCn1nc(-c2ccccc2)c(C(C)=O)c(Nc2ccc(=O)[nH]c2)c1=O. The van der Waals surface area contributed by atoms with Gasteiger partial charge in [-0.3, -0.25) is 14.4 Å². The van der Waals surface area contributed by atoms with Gasteiger partial charge in [0.2, 0.25) is 5.56 Å². The Morgan fingerprint density at radius 2 is 1.88 bits per heavy atom. The average molecular weight is 350 g/mol. The third-order valence-corrected chi connectivity index (χ3v) is 3.91. The van der Waals surface area contributed by atoms with E-state index in [0.717, 1.165) is 5.56 Å². The molecule has 7 nitrogen and oxygen atoms in total. The van der Waals surface area contributed by atoms with Crippen LogP contribution in [0.1, 0.15) is 24.2 Å². The molecule has 3 aromatic rings. The van der Waals surface area contributed by atoms with Crippen LogP contribution in [0.5, 0.6) is 0 Å². The van der Waals surface area contributed by atoms with Crippen LogP contribution in [0, 0.1) is 0 Å². The quantitative estimate of drug-likeness (QED) is 0.689. The van der Waals surface area contributed by atoms with E-state index in [0.29, 0.717) is 17.9 Å². The number of rotatable bonds is 5. The highest BCUT2D eigenvalue weighted by molar-refractivity contribution is 6.05. The first kappa shape index (κ1) is 17.3. The molecule has 0 fully saturated rings. The molecule has 2 N–H and O–H groups in total. The predicted molar refractivity (Wildman–Crippen MR) is 100.0 cm³/mol. The van der Waals surface area contributed by atoms with Crippen LogP contribution in [-0.2, 0) is 6.54 Å². The van der Waals surface area contributed by atoms with Crippen molar-refractivity contribution >= 4 is 17.2 Å². The lowest BCUT2D eigenvalue weighted by atomic mass is 10.0. The van der Waals surface area contributed by atoms with Gasteiger partial charge in [0.05, 0.1) is 11.3 Å². The molecule has 0 saturated heterocycles. The third-order valence-electron chi connectivity index (χ3n) is 3.91. The largest absolute Gasteiger partial charge is 0.349 e. The Morgan fingerprint density at radius 3 is 2.46 bits per heavy atom. The van der Waals surface area contributed by atoms with Crippen LogP contribution >= 0.6 is 0 Å². The fourth-order valence-electron chi connectivity index (χ4n) is 2.67. The molecular weight excluding hydrogens is 332 g/mol. The monoisotopic (exact) mass is 350 g/mol. The Labute approximate surface area is 149 Å². The summed E-state index contributed by atoms with van der Waals surface area (Å²) in [4.78, 5) is 38.9. The Balaban J connectivity index is 2.27. The summed E-state index contributed by atoms with van der Waals surface area (Å²) in [5.41, 5.74) is 1.38. The predicted octanol–water partition coefficient (Wildman–Crippen LogP) is 2.56. The van der Waals surface area contributed by atoms with Crippen molar-refractivity contribution in [3.05, 3.63) is 74.9 Å². The average Bonchev–Trinajstić information content (AvgIpc) is 2.65. The van der Waals surface area contributed by atoms with Gasteiger partial charge in [-0.05, 0) is 19.9 Å². The van der Waals surface area contributed by atoms with Gasteiger partial charge >= 0.3 is 0 Å². The number of H-pyrrole nitrogens is 1. The smallest absolute Gasteiger partial charge is 0.291 e. The summed E-state index contributed by atoms with van der Waals surface area (Å²) >= 11 is 0. The second-order valence-electron chi connectivity index (χ2n) is 5.71. The van der Waals surface area contributed by atoms with Crippen LogP contribution in [0.3, 0.4) is 0 Å². The van der Waals surface area contributed by atoms with E-state index in [4.69, 9.17) is 0 Å². The van der Waals surface area contributed by atoms with Gasteiger partial charge in [0.15, 0.2) is 5.78 Å². The second kappa shape index (κ2) is 7.18. The van der Waals surface area contributed by atoms with Gasteiger partial charge in [0, 0.05) is 24.4 Å². The lowest BCUT2D eigenvalue weighted by molar-refractivity contribution is 0.101. The van der Waals surface area contributed by atoms with E-state index in [1.807, 2.05) is 30.3 Å². The lowest BCUT2D eigenvalue weighted by Gasteiger charge is -2.16. The molecule has 0 atom stereocenters. The summed E-state index contributed by atoms with van der Waals surface area (Å²) in [7, 11) is 0. The number of aromatic nitrogens is 3. The molecule has 0 unspecified atom stereocenters. The van der Waals surface area contributed by atoms with Crippen molar-refractivity contribution in [3.63, 3.8) is 0 Å². The zero-order valence-electron chi connectivity index (χ0n) is 14.4. The Kier molecular flexibility index (Phi) is 4.79. The van der Waals surface area contributed by atoms with Crippen molar-refractivity contribution in [1.29, 1.82) is 0 Å². The maximum absolute atomic E-state index is 12.8. The van der Waals surface area contributed by atoms with Crippen molar-refractivity contribution in [2.75, 3.05) is 5.32 Å². The van der Waals surface area contributed by atoms with Crippen molar-refractivity contribution < 1.29 is 4.79 Å². The zero-order chi connectivity index (χ0) is 18.7. The first-order valence-corrected chi connectivity index (χ1v) is 8.18. The number of pyridine rings is 1. The molecular formula is C19H18N4O3. The molecule has 132 valence electrons. The minimum absolute atomic E-state index is 0.139. The van der Waals surface area contributed by atoms with Gasteiger partial charge in [0.25, 0.3) is 5.56 Å². The van der Waals surface area contributed by atoms with Crippen molar-refractivity contribution in [3.8, 4) is 11.3 Å². The number of hydrogen-bond donors (Lipinski definition) is 2. The highest BCUT2D eigenvalue weighted by Crippen LogP contribution is 2.27. The fraction of sp³-hybridized carbons (Fsp3) is 0.158. The Bertz CT molecular complexity index is 1050. The fourth-order valence-corrected chi connectivity index (χ4v) is 2.67. The summed E-state index contributed by atoms with van der Waals surface area (Å²) in [6, 6.07) is 12.1. The molecule has 0 saturated carbocycles. The summed E-state index contributed by atoms with van der Waals surface area (Å²) in [6.45, 7) is 3.56. The number of Topliss-reactive ketones (excluding diaryl/α,β-unsaturated/α-hetero) is 1. The van der Waals surface area contributed by atoms with E-state index in [-0.39, 0.29) is 22.6 Å². The number of carbonyl (C=O) groups excluding carboxylic acids is 1. The van der Waals surface area contributed by atoms with Crippen LogP contribution in [0.4, 0.5) is 11.4 Å². The van der Waals surface area contributed by atoms with Crippen LogP contribution < -0.4 is 16.4 Å². The van der Waals surface area contributed by atoms with Gasteiger partial charge in [-0.25, -0.2) is 4.68 Å². The zero-order valence-corrected chi connectivity index (χ0v) is 14.4. The molecule has 0 radical (unpaired) electrons. The molecule has 1 aromatic carbocycles. The van der Waals surface area contributed by atoms with Crippen LogP contribution in [0.15, 0.2) is 58.3 Å². The number of nitrogens with zero attached hydrogens (tertiary/aromatic N) is 2. The second-order valence-corrected chi connectivity index (χ2v) is 5.71. The molecule has 26 heavy (non-hydrogen) atoms. The number of benzene rings is 1. The van der Waals surface area contributed by atoms with Crippen molar-refractivity contribution in [1.82, 2.24) is 14.8 Å². The normalized spacial score (nSPS) is 10.5. The molecule has 7 heteroatoms. The van der Waals surface area contributed by atoms with E-state index in [1.54, 1.807) is 13.0 Å². The van der Waals surface area contributed by atoms with E-state index in [1.165, 1.54) is 23.9 Å². The molecule has 0 aliphatic carbocycles. The Morgan fingerprint density at radius 1 is 1.15 bits per heavy atom. The first-order chi connectivity index (χ1) is 12.5. The van der Waals surface area contributed by atoms with Gasteiger partial charge in [-0.15, -0.1) is 0 Å². The van der Waals surface area contributed by atoms with E-state index in [2.05, 4.69) is 15.4 Å². The van der Waals surface area contributed by atoms with Crippen molar-refractivity contribution in [2.45, 2.75) is 20.4 Å². The number of hydrogen-bond acceptors (Lipinski definition) is 5. The summed E-state index contributed by atoms with van der Waals surface area (Å²) in [6.07, 6.45) is 1.45. The molecule has 0 spiro atoms. The van der Waals surface area contributed by atoms with Crippen LogP contribution in [0.2, 0.25) is 0 Å². The minimum Gasteiger partial charge on any atom is -0.349 e. The van der Waals surface area contributed by atoms with Gasteiger partial charge in [-0.1, -0.05) is 30.3 Å². The van der Waals surface area contributed by atoms with Crippen LogP contribution in [-0.4, -0.2) is 20.5 Å². The van der Waals surface area contributed by atoms with E-state index >= 15 is 0 Å². The molecule has 0 aliphatic rings. The maximum Gasteiger partial charge on any atom is 0.291 e. The molecule has 0 amide bonds. The third kappa shape index (κ3) is 3.32.